The number of rotatable bonds is 6. The minimum atomic E-state index is -0.342. The zero-order chi connectivity index (χ0) is 14.5. The summed E-state index contributed by atoms with van der Waals surface area (Å²) in [6, 6.07) is 5.79. The second-order valence-corrected chi connectivity index (χ2v) is 5.75. The molecule has 1 rings (SSSR count). The number of nitrogens with one attached hydrogen (secondary N) is 1. The third-order valence-electron chi connectivity index (χ3n) is 3.03. The molecule has 6 heteroatoms. The maximum absolute atomic E-state index is 8.70. The molecule has 0 unspecified atom stereocenters. The Morgan fingerprint density at radius 3 is 2.74 bits per heavy atom. The van der Waals surface area contributed by atoms with Gasteiger partial charge in [0.05, 0.1) is 11.6 Å². The molecule has 5 nitrogen and oxygen atoms in total. The number of ether oxygens (including phenoxy) is 1. The highest BCUT2D eigenvalue weighted by Gasteiger charge is 2.22. The molecule has 0 saturated carbocycles. The molecule has 1 aromatic rings. The Kier molecular flexibility index (Phi) is 5.47. The first-order valence-corrected chi connectivity index (χ1v) is 6.75. The quantitative estimate of drug-likeness (QED) is 0.324. The number of hydrogen-bond donors (Lipinski definition) is 3. The highest BCUT2D eigenvalue weighted by Crippen LogP contribution is 2.28. The fourth-order valence-electron chi connectivity index (χ4n) is 1.56. The predicted molar refractivity (Wildman–Crippen MR) is 81.0 cm³/mol. The predicted octanol–water partition coefficient (Wildman–Crippen LogP) is 3.03. The lowest BCUT2D eigenvalue weighted by atomic mass is 9.88. The van der Waals surface area contributed by atoms with E-state index in [9.17, 15) is 0 Å². The fourth-order valence-corrected chi connectivity index (χ4v) is 2.10. The molecule has 0 aliphatic rings. The van der Waals surface area contributed by atoms with Gasteiger partial charge in [-0.15, -0.1) is 0 Å². The summed E-state index contributed by atoms with van der Waals surface area (Å²) in [4.78, 5) is 0. The largest absolute Gasteiger partial charge is 0.496 e. The minimum Gasteiger partial charge on any atom is -0.496 e. The number of benzene rings is 1. The number of oxime groups is 1. The monoisotopic (exact) mass is 329 g/mol. The second kappa shape index (κ2) is 6.65. The van der Waals surface area contributed by atoms with Crippen molar-refractivity contribution < 1.29 is 9.94 Å². The molecule has 4 N–H and O–H groups in total. The number of halogens is 1. The van der Waals surface area contributed by atoms with Crippen LogP contribution in [-0.2, 0) is 0 Å². The van der Waals surface area contributed by atoms with Crippen LogP contribution >= 0.6 is 15.9 Å². The van der Waals surface area contributed by atoms with Gasteiger partial charge in [-0.2, -0.15) is 0 Å². The molecule has 0 spiro atoms. The molecule has 0 amide bonds. The van der Waals surface area contributed by atoms with Crippen molar-refractivity contribution in [2.24, 2.45) is 16.3 Å². The molecule has 0 aliphatic carbocycles. The average molecular weight is 330 g/mol. The summed E-state index contributed by atoms with van der Waals surface area (Å²) in [6.45, 7) is 4.60. The van der Waals surface area contributed by atoms with E-state index in [2.05, 4.69) is 26.4 Å². The van der Waals surface area contributed by atoms with E-state index in [4.69, 9.17) is 15.7 Å². The zero-order valence-corrected chi connectivity index (χ0v) is 13.0. The summed E-state index contributed by atoms with van der Waals surface area (Å²) < 4.78 is 6.07. The standard InChI is InChI=1S/C13H20BrN3O2/c1-13(2,12(15)17-18)6-7-16-9-4-5-11(19-3)10(14)8-9/h4-5,8,16,18H,6-7H2,1-3H3,(H2,15,17). The van der Waals surface area contributed by atoms with Gasteiger partial charge in [0.15, 0.2) is 0 Å². The highest BCUT2D eigenvalue weighted by molar-refractivity contribution is 9.10. The van der Waals surface area contributed by atoms with E-state index in [1.165, 1.54) is 0 Å². The van der Waals surface area contributed by atoms with Crippen molar-refractivity contribution in [3.63, 3.8) is 0 Å². The molecule has 0 atom stereocenters. The number of methoxy groups -OCH3 is 1. The Bertz CT molecular complexity index is 461. The van der Waals surface area contributed by atoms with Crippen molar-refractivity contribution in [3.05, 3.63) is 22.7 Å². The smallest absolute Gasteiger partial charge is 0.144 e. The van der Waals surface area contributed by atoms with Crippen LogP contribution in [0.4, 0.5) is 5.69 Å². The molecule has 0 bridgehead atoms. The average Bonchev–Trinajstić information content (AvgIpc) is 2.37. The van der Waals surface area contributed by atoms with Gasteiger partial charge < -0.3 is 21.0 Å². The lowest BCUT2D eigenvalue weighted by molar-refractivity contribution is 0.306. The summed E-state index contributed by atoms with van der Waals surface area (Å²) in [7, 11) is 1.63. The first-order valence-electron chi connectivity index (χ1n) is 5.96. The first-order chi connectivity index (χ1) is 8.90. The van der Waals surface area contributed by atoms with Crippen molar-refractivity contribution in [1.29, 1.82) is 0 Å². The molecule has 0 fully saturated rings. The van der Waals surface area contributed by atoms with E-state index in [1.807, 2.05) is 32.0 Å². The number of anilines is 1. The molecule has 0 aromatic heterocycles. The molecule has 19 heavy (non-hydrogen) atoms. The number of nitrogens with zero attached hydrogens (tertiary/aromatic N) is 1. The van der Waals surface area contributed by atoms with Crippen LogP contribution in [0, 0.1) is 5.41 Å². The topological polar surface area (TPSA) is 79.9 Å². The summed E-state index contributed by atoms with van der Waals surface area (Å²) in [6.07, 6.45) is 0.756. The number of amidine groups is 1. The van der Waals surface area contributed by atoms with Crippen LogP contribution in [-0.4, -0.2) is 24.7 Å². The Morgan fingerprint density at radius 2 is 2.21 bits per heavy atom. The molecule has 0 radical (unpaired) electrons. The highest BCUT2D eigenvalue weighted by atomic mass is 79.9. The molecule has 0 heterocycles. The van der Waals surface area contributed by atoms with E-state index in [0.717, 1.165) is 28.9 Å². The van der Waals surface area contributed by atoms with E-state index in [-0.39, 0.29) is 11.3 Å². The Morgan fingerprint density at radius 1 is 1.53 bits per heavy atom. The summed E-state index contributed by atoms with van der Waals surface area (Å²) in [5.41, 5.74) is 6.29. The third kappa shape index (κ3) is 4.31. The van der Waals surface area contributed by atoms with Gasteiger partial charge in [0.25, 0.3) is 0 Å². The number of hydrogen-bond acceptors (Lipinski definition) is 4. The minimum absolute atomic E-state index is 0.241. The second-order valence-electron chi connectivity index (χ2n) is 4.90. The summed E-state index contributed by atoms with van der Waals surface area (Å²) in [5, 5.41) is 15.1. The number of nitrogens with two attached hydrogens (primary N) is 1. The van der Waals surface area contributed by atoms with E-state index in [0.29, 0.717) is 0 Å². The molecular formula is C13H20BrN3O2. The Labute approximate surface area is 122 Å². The van der Waals surface area contributed by atoms with E-state index in [1.54, 1.807) is 7.11 Å². The van der Waals surface area contributed by atoms with Crippen LogP contribution in [0.3, 0.4) is 0 Å². The summed E-state index contributed by atoms with van der Waals surface area (Å²) in [5.74, 6) is 1.03. The van der Waals surface area contributed by atoms with Crippen LogP contribution in [0.2, 0.25) is 0 Å². The van der Waals surface area contributed by atoms with Gasteiger partial charge in [-0.3, -0.25) is 0 Å². The van der Waals surface area contributed by atoms with Crippen molar-refractivity contribution in [3.8, 4) is 5.75 Å². The SMILES string of the molecule is COc1ccc(NCCC(C)(C)C(N)=NO)cc1Br. The van der Waals surface area contributed by atoms with Crippen LogP contribution in [0.1, 0.15) is 20.3 Å². The van der Waals surface area contributed by atoms with Gasteiger partial charge in [-0.1, -0.05) is 19.0 Å². The third-order valence-corrected chi connectivity index (χ3v) is 3.65. The first kappa shape index (κ1) is 15.6. The lowest BCUT2D eigenvalue weighted by Gasteiger charge is -2.23. The van der Waals surface area contributed by atoms with Crippen molar-refractivity contribution in [2.75, 3.05) is 19.0 Å². The van der Waals surface area contributed by atoms with Crippen LogP contribution in [0.25, 0.3) is 0 Å². The van der Waals surface area contributed by atoms with Gasteiger partial charge in [-0.05, 0) is 40.5 Å². The van der Waals surface area contributed by atoms with Gasteiger partial charge in [-0.25, -0.2) is 0 Å². The molecule has 106 valence electrons. The normalized spacial score (nSPS) is 12.3. The molecule has 1 aromatic carbocycles. The van der Waals surface area contributed by atoms with Crippen molar-refractivity contribution in [2.45, 2.75) is 20.3 Å². The fraction of sp³-hybridized carbons (Fsp3) is 0.462. The van der Waals surface area contributed by atoms with E-state index < -0.39 is 0 Å². The molecular weight excluding hydrogens is 310 g/mol. The summed E-state index contributed by atoms with van der Waals surface area (Å²) >= 11 is 3.44. The van der Waals surface area contributed by atoms with Crippen LogP contribution in [0.15, 0.2) is 27.8 Å². The Balaban J connectivity index is 2.56. The van der Waals surface area contributed by atoms with Gasteiger partial charge in [0.1, 0.15) is 11.6 Å². The van der Waals surface area contributed by atoms with E-state index >= 15 is 0 Å². The van der Waals surface area contributed by atoms with Crippen molar-refractivity contribution in [1.82, 2.24) is 0 Å². The Hall–Kier alpha value is -1.43. The zero-order valence-electron chi connectivity index (χ0n) is 11.4. The van der Waals surface area contributed by atoms with Gasteiger partial charge >= 0.3 is 0 Å². The van der Waals surface area contributed by atoms with Crippen LogP contribution < -0.4 is 15.8 Å². The van der Waals surface area contributed by atoms with Gasteiger partial charge in [0, 0.05) is 17.6 Å². The molecule has 0 aliphatic heterocycles. The van der Waals surface area contributed by atoms with Crippen molar-refractivity contribution >= 4 is 27.5 Å². The van der Waals surface area contributed by atoms with Gasteiger partial charge in [0.2, 0.25) is 0 Å². The van der Waals surface area contributed by atoms with Crippen LogP contribution in [0.5, 0.6) is 5.75 Å². The lowest BCUT2D eigenvalue weighted by Crippen LogP contribution is -2.33. The maximum atomic E-state index is 8.70. The molecule has 0 saturated heterocycles. The maximum Gasteiger partial charge on any atom is 0.144 e.